The molecule has 0 saturated carbocycles. The highest BCUT2D eigenvalue weighted by atomic mass is 32.2. The second kappa shape index (κ2) is 14.9. The molecule has 0 bridgehead atoms. The van der Waals surface area contributed by atoms with Crippen LogP contribution in [0, 0.1) is 5.92 Å². The van der Waals surface area contributed by atoms with E-state index >= 15 is 0 Å². The number of carbonyl (C=O) groups is 2. The van der Waals surface area contributed by atoms with Gasteiger partial charge in [-0.3, -0.25) is 4.79 Å². The van der Waals surface area contributed by atoms with Crippen LogP contribution in [0.25, 0.3) is 0 Å². The van der Waals surface area contributed by atoms with E-state index in [-0.39, 0.29) is 37.9 Å². The Hall–Kier alpha value is -3.57. The average molecular weight is 581 g/mol. The Balaban J connectivity index is 1.53. The van der Waals surface area contributed by atoms with Gasteiger partial charge in [0.15, 0.2) is 6.29 Å². The zero-order valence-corrected chi connectivity index (χ0v) is 24.2. The van der Waals surface area contributed by atoms with Crippen LogP contribution >= 0.6 is 11.8 Å². The zero-order chi connectivity index (χ0) is 29.2. The van der Waals surface area contributed by atoms with Crippen molar-refractivity contribution in [3.05, 3.63) is 89.5 Å². The highest BCUT2D eigenvalue weighted by molar-refractivity contribution is 7.99. The second-order valence-corrected chi connectivity index (χ2v) is 10.6. The fourth-order valence-electron chi connectivity index (χ4n) is 4.52. The van der Waals surface area contributed by atoms with Crippen LogP contribution < -0.4 is 15.4 Å². The van der Waals surface area contributed by atoms with Gasteiger partial charge in [-0.25, -0.2) is 4.79 Å². The van der Waals surface area contributed by atoms with E-state index in [0.29, 0.717) is 11.4 Å². The molecule has 0 radical (unpaired) electrons. The smallest absolute Gasteiger partial charge is 0.325 e. The molecule has 218 valence electrons. The van der Waals surface area contributed by atoms with E-state index in [0.717, 1.165) is 27.3 Å². The molecule has 0 spiro atoms. The van der Waals surface area contributed by atoms with Gasteiger partial charge in [-0.1, -0.05) is 55.5 Å². The number of rotatable bonds is 11. The van der Waals surface area contributed by atoms with Gasteiger partial charge in [-0.2, -0.15) is 0 Å². The molecule has 1 aliphatic heterocycles. The molecule has 9 nitrogen and oxygen atoms in total. The summed E-state index contributed by atoms with van der Waals surface area (Å²) in [5.41, 5.74) is 3.08. The first kappa shape index (κ1) is 30.4. The molecule has 4 unspecified atom stereocenters. The quantitative estimate of drug-likeness (QED) is 0.202. The highest BCUT2D eigenvalue weighted by Gasteiger charge is 2.38. The average Bonchev–Trinajstić information content (AvgIpc) is 3.00. The van der Waals surface area contributed by atoms with E-state index in [9.17, 15) is 14.7 Å². The number of ether oxygens (including phenoxy) is 4. The van der Waals surface area contributed by atoms with Crippen LogP contribution in [0.15, 0.2) is 77.7 Å². The minimum absolute atomic E-state index is 0.0170. The number of aliphatic hydroxyl groups excluding tert-OH is 1. The number of thioether (sulfide) groups is 1. The number of carbonyl (C=O) groups excluding carboxylic acids is 2. The molecule has 3 aromatic rings. The molecule has 4 atom stereocenters. The summed E-state index contributed by atoms with van der Waals surface area (Å²) >= 11 is 1.66. The molecule has 10 heteroatoms. The van der Waals surface area contributed by atoms with E-state index in [2.05, 4.69) is 17.6 Å². The molecular weight excluding hydrogens is 544 g/mol. The molecule has 1 aliphatic rings. The topological polar surface area (TPSA) is 115 Å². The number of para-hydroxylation sites is 1. The van der Waals surface area contributed by atoms with Gasteiger partial charge in [-0.15, -0.1) is 11.8 Å². The van der Waals surface area contributed by atoms with Crippen molar-refractivity contribution in [3.8, 4) is 5.75 Å². The fraction of sp³-hybridized carbons (Fsp3) is 0.355. The highest BCUT2D eigenvalue weighted by Crippen LogP contribution is 2.44. The lowest BCUT2D eigenvalue weighted by atomic mass is 9.91. The largest absolute Gasteiger partial charge is 0.496 e. The van der Waals surface area contributed by atoms with E-state index in [4.69, 9.17) is 18.9 Å². The number of benzene rings is 3. The van der Waals surface area contributed by atoms with Crippen molar-refractivity contribution >= 4 is 29.4 Å². The minimum atomic E-state index is -0.693. The summed E-state index contributed by atoms with van der Waals surface area (Å²) in [5, 5.41) is 14.7. The molecule has 0 aromatic heterocycles. The van der Waals surface area contributed by atoms with Crippen LogP contribution in [-0.2, 0) is 25.6 Å². The Morgan fingerprint density at radius 3 is 2.51 bits per heavy atom. The fourth-order valence-corrected chi connectivity index (χ4v) is 5.72. The minimum Gasteiger partial charge on any atom is -0.496 e. The summed E-state index contributed by atoms with van der Waals surface area (Å²) in [5.74, 6) is 0.985. The van der Waals surface area contributed by atoms with E-state index in [1.54, 1.807) is 37.9 Å². The van der Waals surface area contributed by atoms with E-state index in [1.165, 1.54) is 0 Å². The molecule has 3 aromatic carbocycles. The summed E-state index contributed by atoms with van der Waals surface area (Å²) in [6.45, 7) is 3.80. The summed E-state index contributed by atoms with van der Waals surface area (Å²) in [6, 6.07) is 22.3. The van der Waals surface area contributed by atoms with Crippen LogP contribution in [0.1, 0.15) is 42.9 Å². The van der Waals surface area contributed by atoms with Crippen LogP contribution in [-0.4, -0.2) is 49.2 Å². The van der Waals surface area contributed by atoms with Crippen molar-refractivity contribution in [2.45, 2.75) is 43.8 Å². The Morgan fingerprint density at radius 1 is 1.00 bits per heavy atom. The Labute approximate surface area is 244 Å². The third-order valence-corrected chi connectivity index (χ3v) is 7.85. The number of urea groups is 1. The normalized spacial score (nSPS) is 20.2. The van der Waals surface area contributed by atoms with Gasteiger partial charge >= 0.3 is 12.0 Å². The first-order chi connectivity index (χ1) is 19.9. The van der Waals surface area contributed by atoms with E-state index < -0.39 is 18.3 Å². The summed E-state index contributed by atoms with van der Waals surface area (Å²) in [7, 11) is 1.66. The van der Waals surface area contributed by atoms with Gasteiger partial charge in [-0.05, 0) is 42.3 Å². The number of amides is 2. The molecule has 3 N–H and O–H groups in total. The van der Waals surface area contributed by atoms with Gasteiger partial charge in [0, 0.05) is 27.8 Å². The van der Waals surface area contributed by atoms with Crippen molar-refractivity contribution in [3.63, 3.8) is 0 Å². The van der Waals surface area contributed by atoms with Crippen molar-refractivity contribution < 1.29 is 33.6 Å². The van der Waals surface area contributed by atoms with Gasteiger partial charge in [0.05, 0.1) is 32.5 Å². The number of anilines is 1. The maximum atomic E-state index is 12.3. The standard InChI is InChI=1S/C31H36N2O7S/c1-4-38-28(35)17-32-31(36)33-24-9-7-8-23(16-24)30-39-26(19-41-27-11-6-5-10-25(27)37-3)20(2)29(40-30)22-14-12-21(18-34)13-15-22/h5-16,20,26,29-30,34H,4,17-19H2,1-3H3,(H2,32,33,36). The van der Waals surface area contributed by atoms with Crippen molar-refractivity contribution in [2.24, 2.45) is 5.92 Å². The first-order valence-corrected chi connectivity index (χ1v) is 14.5. The van der Waals surface area contributed by atoms with Gasteiger partial charge in [0.25, 0.3) is 0 Å². The molecular formula is C31H36N2O7S. The molecule has 2 amide bonds. The van der Waals surface area contributed by atoms with Crippen LogP contribution in [0.4, 0.5) is 10.5 Å². The molecule has 1 heterocycles. The van der Waals surface area contributed by atoms with Crippen molar-refractivity contribution in [1.82, 2.24) is 5.32 Å². The number of nitrogens with one attached hydrogen (secondary N) is 2. The maximum absolute atomic E-state index is 12.3. The molecule has 4 rings (SSSR count). The molecule has 1 fully saturated rings. The molecule has 0 aliphatic carbocycles. The van der Waals surface area contributed by atoms with Gasteiger partial charge in [0.1, 0.15) is 12.3 Å². The monoisotopic (exact) mass is 580 g/mol. The second-order valence-electron chi connectivity index (χ2n) is 9.52. The lowest BCUT2D eigenvalue weighted by Gasteiger charge is -2.41. The Bertz CT molecular complexity index is 1300. The SMILES string of the molecule is CCOC(=O)CNC(=O)Nc1cccc(C2OC(CSc3ccccc3OC)C(C)C(c3ccc(CO)cc3)O2)c1. The van der Waals surface area contributed by atoms with Gasteiger partial charge < -0.3 is 34.7 Å². The number of hydrogen-bond acceptors (Lipinski definition) is 8. The third-order valence-electron chi connectivity index (χ3n) is 6.71. The predicted molar refractivity (Wildman–Crippen MR) is 157 cm³/mol. The summed E-state index contributed by atoms with van der Waals surface area (Å²) in [6.07, 6.45) is -1.13. The summed E-state index contributed by atoms with van der Waals surface area (Å²) in [4.78, 5) is 24.9. The maximum Gasteiger partial charge on any atom is 0.325 e. The van der Waals surface area contributed by atoms with Crippen LogP contribution in [0.5, 0.6) is 5.75 Å². The van der Waals surface area contributed by atoms with Crippen molar-refractivity contribution in [1.29, 1.82) is 0 Å². The van der Waals surface area contributed by atoms with E-state index in [1.807, 2.05) is 60.7 Å². The Kier molecular flexibility index (Phi) is 11.0. The zero-order valence-electron chi connectivity index (χ0n) is 23.4. The first-order valence-electron chi connectivity index (χ1n) is 13.5. The predicted octanol–water partition coefficient (Wildman–Crippen LogP) is 5.46. The lowest BCUT2D eigenvalue weighted by Crippen LogP contribution is -2.38. The Morgan fingerprint density at radius 2 is 1.78 bits per heavy atom. The number of esters is 1. The lowest BCUT2D eigenvalue weighted by molar-refractivity contribution is -0.268. The van der Waals surface area contributed by atoms with Crippen LogP contribution in [0.3, 0.4) is 0 Å². The third kappa shape index (κ3) is 8.23. The number of aliphatic hydroxyl groups is 1. The molecule has 1 saturated heterocycles. The number of hydrogen-bond donors (Lipinski definition) is 3. The molecule has 41 heavy (non-hydrogen) atoms. The number of methoxy groups -OCH3 is 1. The van der Waals surface area contributed by atoms with Gasteiger partial charge in [0.2, 0.25) is 0 Å². The summed E-state index contributed by atoms with van der Waals surface area (Å²) < 4.78 is 23.4. The van der Waals surface area contributed by atoms with Crippen LogP contribution in [0.2, 0.25) is 0 Å². The van der Waals surface area contributed by atoms with Crippen molar-refractivity contribution in [2.75, 3.05) is 31.3 Å².